The molecule has 2 aromatic heterocycles. The lowest BCUT2D eigenvalue weighted by Crippen LogP contribution is -2.62. The van der Waals surface area contributed by atoms with Crippen LogP contribution >= 0.6 is 0 Å². The smallest absolute Gasteiger partial charge is 0.182 e. The van der Waals surface area contributed by atoms with Gasteiger partial charge in [-0.25, -0.2) is 15.0 Å². The molecule has 0 bridgehead atoms. The Labute approximate surface area is 114 Å². The molecule has 1 aliphatic heterocycles. The molecule has 0 radical (unpaired) electrons. The molecule has 0 spiro atoms. The molecule has 0 aromatic carbocycles. The summed E-state index contributed by atoms with van der Waals surface area (Å²) in [6.45, 7) is 1.74. The van der Waals surface area contributed by atoms with Crippen molar-refractivity contribution in [1.29, 1.82) is 0 Å². The number of aromatic nitrogens is 4. The third-order valence-corrected chi connectivity index (χ3v) is 3.46. The highest BCUT2D eigenvalue weighted by atomic mass is 16.5. The van der Waals surface area contributed by atoms with Crippen LogP contribution in [0.2, 0.25) is 0 Å². The molecule has 20 heavy (non-hydrogen) atoms. The Kier molecular flexibility index (Phi) is 3.26. The zero-order valence-corrected chi connectivity index (χ0v) is 10.8. The fourth-order valence-corrected chi connectivity index (χ4v) is 2.22. The predicted molar refractivity (Wildman–Crippen MR) is 69.6 cm³/mol. The first kappa shape index (κ1) is 13.2. The van der Waals surface area contributed by atoms with Crippen LogP contribution in [0.4, 0.5) is 5.82 Å². The molecule has 0 amide bonds. The van der Waals surface area contributed by atoms with Crippen LogP contribution in [0, 0.1) is 0 Å². The van der Waals surface area contributed by atoms with Crippen molar-refractivity contribution in [1.82, 2.24) is 19.9 Å². The van der Waals surface area contributed by atoms with E-state index >= 15 is 0 Å². The molecule has 6 N–H and O–H groups in total. The number of hydrogen-bond donors (Lipinski definition) is 5. The number of nitrogens with one attached hydrogen (secondary N) is 2. The first-order valence-electron chi connectivity index (χ1n) is 6.25. The number of fused-ring (bicyclic) bond motifs is 1. The molecular formula is C11H16N6O3. The summed E-state index contributed by atoms with van der Waals surface area (Å²) >= 11 is 0. The molecule has 3 rings (SSSR count). The summed E-state index contributed by atoms with van der Waals surface area (Å²) in [5, 5.41) is 22.8. The molecule has 1 saturated heterocycles. The quantitative estimate of drug-likeness (QED) is 0.450. The van der Waals surface area contributed by atoms with E-state index in [9.17, 15) is 10.2 Å². The van der Waals surface area contributed by atoms with Gasteiger partial charge in [0.1, 0.15) is 24.1 Å². The monoisotopic (exact) mass is 280 g/mol. The van der Waals surface area contributed by atoms with Crippen molar-refractivity contribution >= 4 is 17.0 Å². The number of aromatic amines is 1. The summed E-state index contributed by atoms with van der Waals surface area (Å²) in [4.78, 5) is 15.0. The number of aliphatic hydroxyl groups is 2. The zero-order valence-electron chi connectivity index (χ0n) is 10.8. The Bertz CT molecular complexity index is 605. The van der Waals surface area contributed by atoms with E-state index in [-0.39, 0.29) is 0 Å². The molecular weight excluding hydrogens is 264 g/mol. The Balaban J connectivity index is 1.85. The number of nitrogens with two attached hydrogens (primary N) is 1. The Morgan fingerprint density at radius 3 is 2.90 bits per heavy atom. The highest BCUT2D eigenvalue weighted by Crippen LogP contribution is 2.23. The summed E-state index contributed by atoms with van der Waals surface area (Å²) in [5.41, 5.74) is 6.83. The number of hydrogen-bond acceptors (Lipinski definition) is 8. The van der Waals surface area contributed by atoms with E-state index in [0.717, 1.165) is 0 Å². The van der Waals surface area contributed by atoms with E-state index in [1.54, 1.807) is 6.92 Å². The van der Waals surface area contributed by atoms with Crippen molar-refractivity contribution in [2.24, 2.45) is 5.73 Å². The lowest BCUT2D eigenvalue weighted by atomic mass is 9.97. The van der Waals surface area contributed by atoms with E-state index in [0.29, 0.717) is 17.0 Å². The number of nitrogens with zero attached hydrogens (tertiary/aromatic N) is 3. The summed E-state index contributed by atoms with van der Waals surface area (Å²) in [6, 6.07) is -0.638. The summed E-state index contributed by atoms with van der Waals surface area (Å²) in [5.74, 6) is 0.437. The van der Waals surface area contributed by atoms with Crippen LogP contribution in [0.1, 0.15) is 6.92 Å². The number of rotatable bonds is 2. The van der Waals surface area contributed by atoms with Gasteiger partial charge in [0.05, 0.1) is 18.5 Å². The molecule has 0 saturated carbocycles. The van der Waals surface area contributed by atoms with E-state index in [1.165, 1.54) is 12.7 Å². The minimum Gasteiger partial charge on any atom is -0.389 e. The van der Waals surface area contributed by atoms with E-state index in [2.05, 4.69) is 25.3 Å². The second-order valence-corrected chi connectivity index (χ2v) is 4.79. The molecule has 2 aromatic rings. The van der Waals surface area contributed by atoms with Crippen molar-refractivity contribution in [3.8, 4) is 0 Å². The van der Waals surface area contributed by atoms with Crippen molar-refractivity contribution in [2.45, 2.75) is 37.5 Å². The molecule has 3 heterocycles. The van der Waals surface area contributed by atoms with E-state index < -0.39 is 30.6 Å². The first-order chi connectivity index (χ1) is 9.58. The first-order valence-corrected chi connectivity index (χ1v) is 6.25. The molecule has 5 atom stereocenters. The molecule has 1 aliphatic rings. The van der Waals surface area contributed by atoms with Gasteiger partial charge in [-0.15, -0.1) is 0 Å². The maximum absolute atomic E-state index is 10.0. The van der Waals surface area contributed by atoms with Gasteiger partial charge in [-0.05, 0) is 6.92 Å². The minimum atomic E-state index is -1.16. The normalized spacial score (nSPS) is 34.3. The lowest BCUT2D eigenvalue weighted by Gasteiger charge is -2.40. The standard InChI is InChI=1S/C11H16N6O3/c1-4-5(12)7(18)8(19)11(20-4)17-10-6-9(14-2-13-6)15-3-16-10/h2-5,7-8,11,18-19H,12H2,1H3,(H2,13,14,15,16,17)/t4-,5-,7+,8-,11-/m0/s1. The molecule has 0 aliphatic carbocycles. The molecule has 108 valence electrons. The highest BCUT2D eigenvalue weighted by Gasteiger charge is 2.41. The minimum absolute atomic E-state index is 0.398. The van der Waals surface area contributed by atoms with Crippen LogP contribution in [0.3, 0.4) is 0 Å². The van der Waals surface area contributed by atoms with Crippen molar-refractivity contribution in [2.75, 3.05) is 5.32 Å². The third-order valence-electron chi connectivity index (χ3n) is 3.46. The zero-order chi connectivity index (χ0) is 14.3. The number of ether oxygens (including phenoxy) is 1. The fourth-order valence-electron chi connectivity index (χ4n) is 2.22. The van der Waals surface area contributed by atoms with Gasteiger partial charge in [0.25, 0.3) is 0 Å². The van der Waals surface area contributed by atoms with Crippen molar-refractivity contribution in [3.63, 3.8) is 0 Å². The maximum atomic E-state index is 10.0. The number of anilines is 1. The van der Waals surface area contributed by atoms with Gasteiger partial charge in [0.2, 0.25) is 0 Å². The van der Waals surface area contributed by atoms with Gasteiger partial charge in [-0.3, -0.25) is 0 Å². The van der Waals surface area contributed by atoms with Crippen LogP contribution < -0.4 is 11.1 Å². The Morgan fingerprint density at radius 1 is 1.30 bits per heavy atom. The van der Waals surface area contributed by atoms with E-state index in [4.69, 9.17) is 10.5 Å². The number of imidazole rings is 1. The molecule has 9 nitrogen and oxygen atoms in total. The highest BCUT2D eigenvalue weighted by molar-refractivity contribution is 5.81. The summed E-state index contributed by atoms with van der Waals surface area (Å²) < 4.78 is 5.57. The second-order valence-electron chi connectivity index (χ2n) is 4.79. The third kappa shape index (κ3) is 2.10. The second kappa shape index (κ2) is 4.94. The fraction of sp³-hybridized carbons (Fsp3) is 0.545. The van der Waals surface area contributed by atoms with Crippen LogP contribution in [0.5, 0.6) is 0 Å². The van der Waals surface area contributed by atoms with Crippen molar-refractivity contribution < 1.29 is 14.9 Å². The van der Waals surface area contributed by atoms with Crippen LogP contribution in [0.15, 0.2) is 12.7 Å². The molecule has 0 unspecified atom stereocenters. The Morgan fingerprint density at radius 2 is 2.10 bits per heavy atom. The molecule has 1 fully saturated rings. The molecule has 9 heteroatoms. The van der Waals surface area contributed by atoms with Gasteiger partial charge in [0, 0.05) is 0 Å². The summed E-state index contributed by atoms with van der Waals surface area (Å²) in [6.07, 6.45) is -0.599. The van der Waals surface area contributed by atoms with Crippen molar-refractivity contribution in [3.05, 3.63) is 12.7 Å². The van der Waals surface area contributed by atoms with Gasteiger partial charge < -0.3 is 31.0 Å². The lowest BCUT2D eigenvalue weighted by molar-refractivity contribution is -0.163. The SMILES string of the molecule is C[C@@H]1O[C@H](Nc2ncnc3nc[nH]c23)[C@@H](O)[C@H](O)[C@H]1N. The number of aliphatic hydroxyl groups excluding tert-OH is 2. The van der Waals surface area contributed by atoms with Gasteiger partial charge in [-0.2, -0.15) is 0 Å². The van der Waals surface area contributed by atoms with Gasteiger partial charge in [0.15, 0.2) is 17.7 Å². The Hall–Kier alpha value is -1.81. The maximum Gasteiger partial charge on any atom is 0.182 e. The van der Waals surface area contributed by atoms with Gasteiger partial charge in [-0.1, -0.05) is 0 Å². The largest absolute Gasteiger partial charge is 0.389 e. The topological polar surface area (TPSA) is 142 Å². The van der Waals surface area contributed by atoms with Gasteiger partial charge >= 0.3 is 0 Å². The average molecular weight is 280 g/mol. The van der Waals surface area contributed by atoms with E-state index in [1.807, 2.05) is 0 Å². The average Bonchev–Trinajstić information content (AvgIpc) is 2.92. The number of H-pyrrole nitrogens is 1. The van der Waals surface area contributed by atoms with Crippen LogP contribution in [0.25, 0.3) is 11.2 Å². The predicted octanol–water partition coefficient (Wildman–Crippen LogP) is -1.44. The summed E-state index contributed by atoms with van der Waals surface area (Å²) in [7, 11) is 0. The van der Waals surface area contributed by atoms with Crippen LogP contribution in [-0.4, -0.2) is 60.7 Å². The van der Waals surface area contributed by atoms with Crippen LogP contribution in [-0.2, 0) is 4.74 Å².